The van der Waals surface area contributed by atoms with Gasteiger partial charge in [0.15, 0.2) is 18.1 Å². The van der Waals surface area contributed by atoms with Crippen LogP contribution in [0.3, 0.4) is 0 Å². The number of carbonyl (C=O) groups is 2. The van der Waals surface area contributed by atoms with Crippen molar-refractivity contribution in [2.45, 2.75) is 20.3 Å². The molecule has 0 unspecified atom stereocenters. The standard InChI is InChI=1S/C20H23NO5/c1-4-11-25-17-10-9-15(12-18(17)24-3)20(23)26-13-19(22)21-16-8-6-5-7-14(16)2/h5-10,12H,4,11,13H2,1-3H3,(H,21,22). The molecular weight excluding hydrogens is 334 g/mol. The van der Waals surface area contributed by atoms with Crippen molar-refractivity contribution in [3.05, 3.63) is 53.6 Å². The molecule has 0 aliphatic rings. The first kappa shape index (κ1) is 19.3. The first-order chi connectivity index (χ1) is 12.5. The van der Waals surface area contributed by atoms with Gasteiger partial charge in [0.2, 0.25) is 0 Å². The number of hydrogen-bond acceptors (Lipinski definition) is 5. The van der Waals surface area contributed by atoms with Gasteiger partial charge < -0.3 is 19.5 Å². The molecule has 2 aromatic rings. The van der Waals surface area contributed by atoms with Crippen molar-refractivity contribution in [3.8, 4) is 11.5 Å². The number of aryl methyl sites for hydroxylation is 1. The summed E-state index contributed by atoms with van der Waals surface area (Å²) in [5.74, 6) is -0.00625. The molecule has 26 heavy (non-hydrogen) atoms. The Morgan fingerprint density at radius 3 is 2.54 bits per heavy atom. The Morgan fingerprint density at radius 2 is 1.85 bits per heavy atom. The van der Waals surface area contributed by atoms with Crippen LogP contribution in [0.2, 0.25) is 0 Å². The molecule has 6 heteroatoms. The van der Waals surface area contributed by atoms with E-state index in [0.29, 0.717) is 23.8 Å². The Labute approximate surface area is 153 Å². The zero-order chi connectivity index (χ0) is 18.9. The van der Waals surface area contributed by atoms with Gasteiger partial charge in [-0.3, -0.25) is 4.79 Å². The number of para-hydroxylation sites is 1. The summed E-state index contributed by atoms with van der Waals surface area (Å²) in [6, 6.07) is 12.1. The summed E-state index contributed by atoms with van der Waals surface area (Å²) in [7, 11) is 1.50. The Morgan fingerprint density at radius 1 is 1.08 bits per heavy atom. The number of rotatable bonds is 8. The highest BCUT2D eigenvalue weighted by molar-refractivity contribution is 5.96. The quantitative estimate of drug-likeness (QED) is 0.731. The molecule has 0 radical (unpaired) electrons. The van der Waals surface area contributed by atoms with Gasteiger partial charge in [0.25, 0.3) is 5.91 Å². The van der Waals surface area contributed by atoms with Gasteiger partial charge in [-0.25, -0.2) is 4.79 Å². The number of nitrogens with one attached hydrogen (secondary N) is 1. The average molecular weight is 357 g/mol. The highest BCUT2D eigenvalue weighted by Crippen LogP contribution is 2.28. The number of amides is 1. The van der Waals surface area contributed by atoms with Crippen LogP contribution in [0, 0.1) is 6.92 Å². The summed E-state index contributed by atoms with van der Waals surface area (Å²) < 4.78 is 15.9. The van der Waals surface area contributed by atoms with Crippen molar-refractivity contribution in [1.82, 2.24) is 0 Å². The fraction of sp³-hybridized carbons (Fsp3) is 0.300. The molecule has 1 N–H and O–H groups in total. The molecule has 0 saturated heterocycles. The average Bonchev–Trinajstić information content (AvgIpc) is 2.66. The van der Waals surface area contributed by atoms with E-state index in [1.54, 1.807) is 18.2 Å². The van der Waals surface area contributed by atoms with Crippen molar-refractivity contribution < 1.29 is 23.8 Å². The number of methoxy groups -OCH3 is 1. The fourth-order valence-corrected chi connectivity index (χ4v) is 2.24. The van der Waals surface area contributed by atoms with Crippen LogP contribution in [0.25, 0.3) is 0 Å². The van der Waals surface area contributed by atoms with Crippen molar-refractivity contribution in [2.75, 3.05) is 25.6 Å². The van der Waals surface area contributed by atoms with E-state index in [1.165, 1.54) is 13.2 Å². The predicted octanol–water partition coefficient (Wildman–Crippen LogP) is 3.59. The largest absolute Gasteiger partial charge is 0.493 e. The number of anilines is 1. The minimum absolute atomic E-state index is 0.286. The second-order valence-electron chi connectivity index (χ2n) is 5.65. The number of esters is 1. The molecule has 6 nitrogen and oxygen atoms in total. The highest BCUT2D eigenvalue weighted by atomic mass is 16.5. The Bertz CT molecular complexity index is 773. The molecule has 0 heterocycles. The zero-order valence-electron chi connectivity index (χ0n) is 15.2. The van der Waals surface area contributed by atoms with Gasteiger partial charge in [-0.05, 0) is 43.2 Å². The third kappa shape index (κ3) is 5.24. The van der Waals surface area contributed by atoms with Crippen molar-refractivity contribution in [2.24, 2.45) is 0 Å². The van der Waals surface area contributed by atoms with Crippen molar-refractivity contribution in [3.63, 3.8) is 0 Å². The molecule has 0 aromatic heterocycles. The lowest BCUT2D eigenvalue weighted by Crippen LogP contribution is -2.21. The summed E-state index contributed by atoms with van der Waals surface area (Å²) >= 11 is 0. The van der Waals surface area contributed by atoms with Crippen LogP contribution in [0.4, 0.5) is 5.69 Å². The van der Waals surface area contributed by atoms with Gasteiger partial charge in [-0.15, -0.1) is 0 Å². The summed E-state index contributed by atoms with van der Waals surface area (Å²) in [6.45, 7) is 4.07. The maximum absolute atomic E-state index is 12.2. The van der Waals surface area contributed by atoms with E-state index in [2.05, 4.69) is 5.32 Å². The van der Waals surface area contributed by atoms with Crippen LogP contribution in [0.15, 0.2) is 42.5 Å². The van der Waals surface area contributed by atoms with Gasteiger partial charge in [-0.1, -0.05) is 25.1 Å². The van der Waals surface area contributed by atoms with E-state index < -0.39 is 11.9 Å². The minimum Gasteiger partial charge on any atom is -0.493 e. The Kier molecular flexibility index (Phi) is 7.02. The van der Waals surface area contributed by atoms with Gasteiger partial charge in [0.1, 0.15) is 0 Å². The summed E-state index contributed by atoms with van der Waals surface area (Å²) in [5.41, 5.74) is 1.90. The molecule has 0 aliphatic heterocycles. The van der Waals surface area contributed by atoms with Gasteiger partial charge in [-0.2, -0.15) is 0 Å². The minimum atomic E-state index is -0.606. The molecule has 2 rings (SSSR count). The Balaban J connectivity index is 1.94. The maximum Gasteiger partial charge on any atom is 0.338 e. The molecule has 0 spiro atoms. The lowest BCUT2D eigenvalue weighted by atomic mass is 10.2. The molecule has 1 amide bonds. The topological polar surface area (TPSA) is 73.9 Å². The lowest BCUT2D eigenvalue weighted by Gasteiger charge is -2.12. The lowest BCUT2D eigenvalue weighted by molar-refractivity contribution is -0.119. The first-order valence-corrected chi connectivity index (χ1v) is 8.38. The van der Waals surface area contributed by atoms with Gasteiger partial charge in [0.05, 0.1) is 19.3 Å². The third-order valence-electron chi connectivity index (χ3n) is 3.61. The SMILES string of the molecule is CCCOc1ccc(C(=O)OCC(=O)Nc2ccccc2C)cc1OC. The van der Waals surface area contributed by atoms with Gasteiger partial charge >= 0.3 is 5.97 Å². The molecule has 0 saturated carbocycles. The number of hydrogen-bond donors (Lipinski definition) is 1. The second-order valence-corrected chi connectivity index (χ2v) is 5.65. The predicted molar refractivity (Wildman–Crippen MR) is 98.9 cm³/mol. The van der Waals surface area contributed by atoms with Crippen molar-refractivity contribution in [1.29, 1.82) is 0 Å². The summed E-state index contributed by atoms with van der Waals surface area (Å²) in [5, 5.41) is 2.71. The van der Waals surface area contributed by atoms with Gasteiger partial charge in [0, 0.05) is 5.69 Å². The van der Waals surface area contributed by atoms with E-state index >= 15 is 0 Å². The monoisotopic (exact) mass is 357 g/mol. The van der Waals surface area contributed by atoms with E-state index in [0.717, 1.165) is 12.0 Å². The van der Waals surface area contributed by atoms with Crippen molar-refractivity contribution >= 4 is 17.6 Å². The smallest absolute Gasteiger partial charge is 0.338 e. The number of ether oxygens (including phenoxy) is 3. The molecule has 2 aromatic carbocycles. The van der Waals surface area contributed by atoms with E-state index in [9.17, 15) is 9.59 Å². The first-order valence-electron chi connectivity index (χ1n) is 8.38. The molecule has 0 atom stereocenters. The molecule has 138 valence electrons. The van der Waals surface area contributed by atoms with Crippen LogP contribution in [-0.4, -0.2) is 32.2 Å². The summed E-state index contributed by atoms with van der Waals surface area (Å²) in [4.78, 5) is 24.1. The number of benzene rings is 2. The van der Waals surface area contributed by atoms with Crippen LogP contribution in [0.5, 0.6) is 11.5 Å². The maximum atomic E-state index is 12.2. The zero-order valence-corrected chi connectivity index (χ0v) is 15.2. The Hall–Kier alpha value is -3.02. The van der Waals surface area contributed by atoms with Crippen LogP contribution >= 0.6 is 0 Å². The van der Waals surface area contributed by atoms with E-state index in [1.807, 2.05) is 32.0 Å². The second kappa shape index (κ2) is 9.46. The molecule has 0 fully saturated rings. The highest BCUT2D eigenvalue weighted by Gasteiger charge is 2.14. The summed E-state index contributed by atoms with van der Waals surface area (Å²) in [6.07, 6.45) is 0.864. The number of carbonyl (C=O) groups excluding carboxylic acids is 2. The fourth-order valence-electron chi connectivity index (χ4n) is 2.24. The molecular formula is C20H23NO5. The van der Waals surface area contributed by atoms with Crippen LogP contribution < -0.4 is 14.8 Å². The third-order valence-corrected chi connectivity index (χ3v) is 3.61. The van der Waals surface area contributed by atoms with E-state index in [4.69, 9.17) is 14.2 Å². The van der Waals surface area contributed by atoms with Crippen LogP contribution in [0.1, 0.15) is 29.3 Å². The normalized spacial score (nSPS) is 10.1. The molecule has 0 bridgehead atoms. The van der Waals surface area contributed by atoms with Crippen LogP contribution in [-0.2, 0) is 9.53 Å². The molecule has 0 aliphatic carbocycles. The van der Waals surface area contributed by atoms with E-state index in [-0.39, 0.29) is 12.2 Å².